The van der Waals surface area contributed by atoms with Gasteiger partial charge >= 0.3 is 5.97 Å². The highest BCUT2D eigenvalue weighted by molar-refractivity contribution is 5.88. The lowest BCUT2D eigenvalue weighted by Gasteiger charge is -2.41. The number of rotatable bonds is 7. The van der Waals surface area contributed by atoms with Gasteiger partial charge in [-0.05, 0) is 23.7 Å². The fourth-order valence-corrected chi connectivity index (χ4v) is 3.46. The second-order valence-electron chi connectivity index (χ2n) is 7.31. The molecule has 1 aliphatic carbocycles. The molecule has 0 bridgehead atoms. The molecule has 1 aliphatic rings. The van der Waals surface area contributed by atoms with E-state index in [4.69, 9.17) is 16.6 Å². The number of aliphatic carboxylic acids is 1. The van der Waals surface area contributed by atoms with Crippen molar-refractivity contribution in [1.29, 1.82) is 0 Å². The van der Waals surface area contributed by atoms with Crippen molar-refractivity contribution >= 4 is 11.8 Å². The van der Waals surface area contributed by atoms with Crippen molar-refractivity contribution in [2.75, 3.05) is 0 Å². The maximum atomic E-state index is 11.8. The molecule has 0 aliphatic heterocycles. The van der Waals surface area contributed by atoms with Crippen molar-refractivity contribution < 1.29 is 14.7 Å². The highest BCUT2D eigenvalue weighted by Gasteiger charge is 2.35. The molecule has 0 aromatic rings. The summed E-state index contributed by atoms with van der Waals surface area (Å²) < 4.78 is 0. The number of carboxylic acid groups (broad SMARTS) is 1. The van der Waals surface area contributed by atoms with Crippen molar-refractivity contribution in [1.82, 2.24) is 0 Å². The Kier molecular flexibility index (Phi) is 6.75. The van der Waals surface area contributed by atoms with E-state index in [2.05, 4.69) is 26.8 Å². The third-order valence-corrected chi connectivity index (χ3v) is 4.81. The van der Waals surface area contributed by atoms with Gasteiger partial charge in [0.05, 0.1) is 12.5 Å². The van der Waals surface area contributed by atoms with Gasteiger partial charge in [-0.25, -0.2) is 0 Å². The van der Waals surface area contributed by atoms with E-state index in [-0.39, 0.29) is 24.0 Å². The van der Waals surface area contributed by atoms with Crippen molar-refractivity contribution in [2.24, 2.45) is 28.7 Å². The number of nitrogens with two attached hydrogens (primary N) is 2. The number of hydrogen-bond donors (Lipinski definition) is 3. The second-order valence-corrected chi connectivity index (χ2v) is 7.31. The minimum atomic E-state index is -1.07. The number of allylic oxidation sites excluding steroid dienone is 1. The quantitative estimate of drug-likeness (QED) is 0.624. The van der Waals surface area contributed by atoms with Crippen LogP contribution in [0.15, 0.2) is 12.2 Å². The lowest BCUT2D eigenvalue weighted by atomic mass is 9.64. The van der Waals surface area contributed by atoms with Crippen molar-refractivity contribution in [3.63, 3.8) is 0 Å². The molecule has 0 amide bonds. The molecular formula is C17H30N2O3. The van der Waals surface area contributed by atoms with Gasteiger partial charge in [-0.15, -0.1) is 0 Å². The third-order valence-electron chi connectivity index (χ3n) is 4.81. The molecule has 22 heavy (non-hydrogen) atoms. The molecule has 1 saturated carbocycles. The van der Waals surface area contributed by atoms with E-state index >= 15 is 0 Å². The van der Waals surface area contributed by atoms with E-state index in [1.54, 1.807) is 0 Å². The maximum absolute atomic E-state index is 11.8. The van der Waals surface area contributed by atoms with Gasteiger partial charge < -0.3 is 16.6 Å². The van der Waals surface area contributed by atoms with Gasteiger partial charge in [-0.1, -0.05) is 45.8 Å². The van der Waals surface area contributed by atoms with Gasteiger partial charge in [-0.2, -0.15) is 0 Å². The van der Waals surface area contributed by atoms with Gasteiger partial charge in [0, 0.05) is 12.5 Å². The Balaban J connectivity index is 2.57. The third kappa shape index (κ3) is 5.54. The summed E-state index contributed by atoms with van der Waals surface area (Å²) in [7, 11) is 0. The molecule has 0 aromatic heterocycles. The molecule has 126 valence electrons. The van der Waals surface area contributed by atoms with E-state index in [0.29, 0.717) is 11.8 Å². The van der Waals surface area contributed by atoms with Crippen molar-refractivity contribution in [3.05, 3.63) is 12.2 Å². The smallest absolute Gasteiger partial charge is 0.305 e. The molecule has 5 nitrogen and oxygen atoms in total. The highest BCUT2D eigenvalue weighted by atomic mass is 16.4. The molecule has 4 atom stereocenters. The van der Waals surface area contributed by atoms with Crippen LogP contribution in [0.1, 0.15) is 52.9 Å². The Morgan fingerprint density at radius 2 is 1.95 bits per heavy atom. The van der Waals surface area contributed by atoms with E-state index in [1.165, 1.54) is 19.3 Å². The van der Waals surface area contributed by atoms with E-state index in [1.807, 2.05) is 6.08 Å². The lowest BCUT2D eigenvalue weighted by molar-refractivity contribution is -0.139. The van der Waals surface area contributed by atoms with Crippen LogP contribution in [0.4, 0.5) is 0 Å². The second kappa shape index (κ2) is 7.88. The van der Waals surface area contributed by atoms with Gasteiger partial charge in [0.1, 0.15) is 0 Å². The summed E-state index contributed by atoms with van der Waals surface area (Å²) in [4.78, 5) is 22.4. The number of hydrogen-bond acceptors (Lipinski definition) is 4. The van der Waals surface area contributed by atoms with Gasteiger partial charge in [0.25, 0.3) is 0 Å². The lowest BCUT2D eigenvalue weighted by Crippen LogP contribution is -2.37. The average molecular weight is 310 g/mol. The van der Waals surface area contributed by atoms with Crippen LogP contribution >= 0.6 is 0 Å². The molecule has 0 radical (unpaired) electrons. The SMILES string of the molecule is CC1CCCC(C)(C)C1/C=C/C(N)CC(=O)[C@@H](N)CC(=O)O. The minimum absolute atomic E-state index is 0.0898. The minimum Gasteiger partial charge on any atom is -0.481 e. The number of carbonyl (C=O) groups excluding carboxylic acids is 1. The Hall–Kier alpha value is -1.20. The Morgan fingerprint density at radius 1 is 1.32 bits per heavy atom. The monoisotopic (exact) mass is 310 g/mol. The maximum Gasteiger partial charge on any atom is 0.305 e. The molecule has 5 N–H and O–H groups in total. The van der Waals surface area contributed by atoms with Crippen molar-refractivity contribution in [3.8, 4) is 0 Å². The normalized spacial score (nSPS) is 27.5. The summed E-state index contributed by atoms with van der Waals surface area (Å²) in [5.74, 6) is -0.300. The number of carboxylic acids is 1. The number of carbonyl (C=O) groups is 2. The Bertz CT molecular complexity index is 432. The Morgan fingerprint density at radius 3 is 2.50 bits per heavy atom. The predicted molar refractivity (Wildman–Crippen MR) is 87.3 cm³/mol. The highest BCUT2D eigenvalue weighted by Crippen LogP contribution is 2.44. The first kappa shape index (κ1) is 18.8. The fraction of sp³-hybridized carbons (Fsp3) is 0.765. The van der Waals surface area contributed by atoms with Crippen LogP contribution in [0.3, 0.4) is 0 Å². The van der Waals surface area contributed by atoms with Gasteiger partial charge in [0.2, 0.25) is 0 Å². The summed E-state index contributed by atoms with van der Waals surface area (Å²) in [6, 6.07) is -1.38. The Labute approximate surface area is 133 Å². The van der Waals surface area contributed by atoms with Gasteiger partial charge in [0.15, 0.2) is 5.78 Å². The zero-order valence-corrected chi connectivity index (χ0v) is 13.9. The topological polar surface area (TPSA) is 106 Å². The zero-order chi connectivity index (χ0) is 16.9. The van der Waals surface area contributed by atoms with E-state index < -0.39 is 18.1 Å². The summed E-state index contributed by atoms with van der Waals surface area (Å²) in [5, 5.41) is 8.65. The van der Waals surface area contributed by atoms with E-state index in [0.717, 1.165) is 0 Å². The van der Waals surface area contributed by atoms with Crippen LogP contribution in [0.2, 0.25) is 0 Å². The van der Waals surface area contributed by atoms with Crippen LogP contribution in [-0.4, -0.2) is 28.9 Å². The summed E-state index contributed by atoms with van der Waals surface area (Å²) in [6.07, 6.45) is 7.45. The van der Waals surface area contributed by atoms with Crippen LogP contribution < -0.4 is 11.5 Å². The van der Waals surface area contributed by atoms with Crippen molar-refractivity contribution in [2.45, 2.75) is 65.0 Å². The first-order chi connectivity index (χ1) is 10.1. The van der Waals surface area contributed by atoms with Crippen LogP contribution in [0.25, 0.3) is 0 Å². The van der Waals surface area contributed by atoms with Gasteiger partial charge in [-0.3, -0.25) is 9.59 Å². The molecule has 1 rings (SSSR count). The van der Waals surface area contributed by atoms with E-state index in [9.17, 15) is 9.59 Å². The average Bonchev–Trinajstić information content (AvgIpc) is 2.36. The molecular weight excluding hydrogens is 280 g/mol. The molecule has 1 fully saturated rings. The van der Waals surface area contributed by atoms with Crippen LogP contribution in [0.5, 0.6) is 0 Å². The fourth-order valence-electron chi connectivity index (χ4n) is 3.46. The van der Waals surface area contributed by atoms with Crippen LogP contribution in [0, 0.1) is 17.3 Å². The molecule has 3 unspecified atom stereocenters. The molecule has 0 spiro atoms. The first-order valence-electron chi connectivity index (χ1n) is 8.07. The predicted octanol–water partition coefficient (Wildman–Crippen LogP) is 2.09. The summed E-state index contributed by atoms with van der Waals surface area (Å²) >= 11 is 0. The largest absolute Gasteiger partial charge is 0.481 e. The number of ketones is 1. The molecule has 0 heterocycles. The molecule has 5 heteroatoms. The standard InChI is InChI=1S/C17H30N2O3/c1-11-5-4-8-17(2,3)13(11)7-6-12(18)9-15(20)14(19)10-16(21)22/h6-7,11-14H,4-5,8-10,18-19H2,1-3H3,(H,21,22)/b7-6+/t11?,12?,13?,14-/m0/s1. The first-order valence-corrected chi connectivity index (χ1v) is 8.07. The molecule has 0 aromatic carbocycles. The molecule has 0 saturated heterocycles. The summed E-state index contributed by atoms with van der Waals surface area (Å²) in [6.45, 7) is 6.81. The van der Waals surface area contributed by atoms with Crippen LogP contribution in [-0.2, 0) is 9.59 Å². The number of Topliss-reactive ketones (excluding diaryl/α,β-unsaturated/α-hetero) is 1. The summed E-state index contributed by atoms with van der Waals surface area (Å²) in [5.41, 5.74) is 11.8. The zero-order valence-electron chi connectivity index (χ0n) is 13.9.